The summed E-state index contributed by atoms with van der Waals surface area (Å²) in [7, 11) is 0. The molecular formula is C33H34N4O2. The second-order valence-corrected chi connectivity index (χ2v) is 11.4. The van der Waals surface area contributed by atoms with E-state index in [4.69, 9.17) is 10.5 Å². The van der Waals surface area contributed by atoms with Gasteiger partial charge in [-0.15, -0.1) is 0 Å². The molecule has 0 amide bonds. The van der Waals surface area contributed by atoms with Crippen molar-refractivity contribution in [1.29, 1.82) is 5.26 Å². The van der Waals surface area contributed by atoms with Crippen LogP contribution in [0.3, 0.4) is 0 Å². The first-order valence-electron chi connectivity index (χ1n) is 13.3. The highest BCUT2D eigenvalue weighted by atomic mass is 16.5. The summed E-state index contributed by atoms with van der Waals surface area (Å²) in [4.78, 5) is 20.0. The van der Waals surface area contributed by atoms with E-state index in [0.717, 1.165) is 39.4 Å². The van der Waals surface area contributed by atoms with Gasteiger partial charge in [-0.3, -0.25) is 14.7 Å². The summed E-state index contributed by atoms with van der Waals surface area (Å²) in [6.45, 7) is 10.7. The molecule has 5 rings (SSSR count). The van der Waals surface area contributed by atoms with Gasteiger partial charge in [0.2, 0.25) is 0 Å². The highest BCUT2D eigenvalue weighted by molar-refractivity contribution is 6.01. The minimum Gasteiger partial charge on any atom is -0.489 e. The number of nitriles is 1. The number of aromatic nitrogens is 1. The van der Waals surface area contributed by atoms with Gasteiger partial charge in [0.15, 0.2) is 5.78 Å². The Hall–Kier alpha value is -4.37. The number of nitrogens with two attached hydrogens (primary N) is 1. The molecule has 198 valence electrons. The number of anilines is 1. The minimum atomic E-state index is -0.541. The normalized spacial score (nSPS) is 18.6. The number of Topliss-reactive ketones (excluding diaryl/α,β-unsaturated/α-hetero) is 1. The van der Waals surface area contributed by atoms with Gasteiger partial charge in [-0.25, -0.2) is 0 Å². The second kappa shape index (κ2) is 10.1. The first-order chi connectivity index (χ1) is 18.6. The first-order valence-corrected chi connectivity index (χ1v) is 13.3. The van der Waals surface area contributed by atoms with Crippen molar-refractivity contribution in [2.24, 2.45) is 11.1 Å². The van der Waals surface area contributed by atoms with E-state index in [9.17, 15) is 10.1 Å². The number of hydrogen-bond acceptors (Lipinski definition) is 6. The Balaban J connectivity index is 1.65. The van der Waals surface area contributed by atoms with Gasteiger partial charge < -0.3 is 10.5 Å². The average Bonchev–Trinajstić information content (AvgIpc) is 2.88. The number of carbonyl (C=O) groups is 1. The average molecular weight is 519 g/mol. The van der Waals surface area contributed by atoms with Crippen LogP contribution in [0.15, 0.2) is 83.6 Å². The van der Waals surface area contributed by atoms with E-state index >= 15 is 0 Å². The van der Waals surface area contributed by atoms with Gasteiger partial charge in [-0.1, -0.05) is 43.7 Å². The van der Waals surface area contributed by atoms with E-state index in [1.54, 1.807) is 12.4 Å². The van der Waals surface area contributed by atoms with E-state index in [2.05, 4.69) is 44.0 Å². The molecule has 2 heterocycles. The van der Waals surface area contributed by atoms with Gasteiger partial charge in [-0.05, 0) is 79.1 Å². The molecule has 0 radical (unpaired) electrons. The summed E-state index contributed by atoms with van der Waals surface area (Å²) in [6, 6.07) is 18.3. The smallest absolute Gasteiger partial charge is 0.162 e. The standard InChI is InChI=1S/C33H34N4O2/c1-20-8-10-25(11-9-20)39-19-23-14-26(22(3)13-21(23)2)30-27(17-34)32(35)37(24-7-6-12-36-18-24)28-15-33(4,5)16-29(38)31(28)30/h6-14,18,30H,15-16,19,35H2,1-5H3. The predicted molar refractivity (Wildman–Crippen MR) is 153 cm³/mol. The van der Waals surface area contributed by atoms with Crippen LogP contribution in [-0.4, -0.2) is 10.8 Å². The van der Waals surface area contributed by atoms with Crippen LogP contribution in [0.1, 0.15) is 60.4 Å². The molecule has 6 heteroatoms. The van der Waals surface area contributed by atoms with Crippen molar-refractivity contribution in [3.05, 3.63) is 111 Å². The number of nitrogens with zero attached hydrogens (tertiary/aromatic N) is 3. The third-order valence-electron chi connectivity index (χ3n) is 7.74. The molecule has 1 aromatic heterocycles. The molecule has 2 aromatic carbocycles. The summed E-state index contributed by atoms with van der Waals surface area (Å²) in [6.07, 6.45) is 4.49. The lowest BCUT2D eigenvalue weighted by Crippen LogP contribution is -2.42. The molecule has 0 saturated heterocycles. The Kier molecular flexibility index (Phi) is 6.78. The van der Waals surface area contributed by atoms with Crippen LogP contribution in [0.5, 0.6) is 5.75 Å². The SMILES string of the molecule is Cc1ccc(OCc2cc(C3C(C#N)=C(N)N(c4cccnc4)C4=C3C(=O)CC(C)(C)C4)c(C)cc2C)cc1. The number of carbonyl (C=O) groups excluding carboxylic acids is 1. The zero-order chi connectivity index (χ0) is 27.9. The number of benzene rings is 2. The van der Waals surface area contributed by atoms with Crippen molar-refractivity contribution < 1.29 is 9.53 Å². The van der Waals surface area contributed by atoms with Gasteiger partial charge in [0, 0.05) is 23.9 Å². The van der Waals surface area contributed by atoms with Gasteiger partial charge in [0.25, 0.3) is 0 Å². The number of allylic oxidation sites excluding steroid dienone is 3. The van der Waals surface area contributed by atoms with E-state index in [1.807, 2.05) is 55.1 Å². The third kappa shape index (κ3) is 4.93. The molecule has 0 bridgehead atoms. The molecule has 3 aromatic rings. The maximum atomic E-state index is 13.9. The van der Waals surface area contributed by atoms with Crippen LogP contribution in [0, 0.1) is 37.5 Å². The lowest BCUT2D eigenvalue weighted by atomic mass is 9.68. The molecule has 1 atom stereocenters. The number of ether oxygens (including phenoxy) is 1. The molecule has 1 aliphatic carbocycles. The molecule has 1 unspecified atom stereocenters. The first kappa shape index (κ1) is 26.2. The topological polar surface area (TPSA) is 92.2 Å². The zero-order valence-electron chi connectivity index (χ0n) is 23.2. The van der Waals surface area contributed by atoms with Crippen LogP contribution in [0.2, 0.25) is 0 Å². The lowest BCUT2D eigenvalue weighted by Gasteiger charge is -2.44. The van der Waals surface area contributed by atoms with E-state index in [-0.39, 0.29) is 11.2 Å². The van der Waals surface area contributed by atoms with Gasteiger partial charge >= 0.3 is 0 Å². The minimum absolute atomic E-state index is 0.0535. The second-order valence-electron chi connectivity index (χ2n) is 11.4. The number of pyridine rings is 1. The lowest BCUT2D eigenvalue weighted by molar-refractivity contribution is -0.118. The van der Waals surface area contributed by atoms with E-state index in [0.29, 0.717) is 36.4 Å². The molecule has 0 saturated carbocycles. The predicted octanol–water partition coefficient (Wildman–Crippen LogP) is 6.53. The van der Waals surface area contributed by atoms with Crippen molar-refractivity contribution in [3.8, 4) is 11.8 Å². The van der Waals surface area contributed by atoms with E-state index in [1.165, 1.54) is 5.56 Å². The highest BCUT2D eigenvalue weighted by Gasteiger charge is 2.45. The Labute approximate surface area is 230 Å². The summed E-state index contributed by atoms with van der Waals surface area (Å²) >= 11 is 0. The third-order valence-corrected chi connectivity index (χ3v) is 7.74. The van der Waals surface area contributed by atoms with Crippen LogP contribution in [0.4, 0.5) is 5.69 Å². The van der Waals surface area contributed by atoms with Crippen molar-refractivity contribution in [2.45, 2.75) is 60.0 Å². The Morgan fingerprint density at radius 2 is 1.85 bits per heavy atom. The number of rotatable bonds is 5. The Morgan fingerprint density at radius 1 is 1.10 bits per heavy atom. The summed E-state index contributed by atoms with van der Waals surface area (Å²) in [5.41, 5.74) is 14.4. The molecular weight excluding hydrogens is 484 g/mol. The summed E-state index contributed by atoms with van der Waals surface area (Å²) in [5.74, 6) is 0.652. The van der Waals surface area contributed by atoms with Crippen molar-refractivity contribution in [2.75, 3.05) is 4.90 Å². The molecule has 2 N–H and O–H groups in total. The highest BCUT2D eigenvalue weighted by Crippen LogP contribution is 2.50. The van der Waals surface area contributed by atoms with Crippen molar-refractivity contribution in [1.82, 2.24) is 4.98 Å². The van der Waals surface area contributed by atoms with Crippen LogP contribution < -0.4 is 15.4 Å². The van der Waals surface area contributed by atoms with Crippen LogP contribution >= 0.6 is 0 Å². The van der Waals surface area contributed by atoms with Crippen molar-refractivity contribution >= 4 is 11.5 Å². The molecule has 0 spiro atoms. The Bertz CT molecular complexity index is 1540. The van der Waals surface area contributed by atoms with Crippen LogP contribution in [-0.2, 0) is 11.4 Å². The maximum Gasteiger partial charge on any atom is 0.162 e. The monoisotopic (exact) mass is 518 g/mol. The number of ketones is 1. The fourth-order valence-corrected chi connectivity index (χ4v) is 5.78. The maximum absolute atomic E-state index is 13.9. The summed E-state index contributed by atoms with van der Waals surface area (Å²) in [5, 5.41) is 10.4. The molecule has 1 aliphatic heterocycles. The molecule has 39 heavy (non-hydrogen) atoms. The van der Waals surface area contributed by atoms with Gasteiger partial charge in [0.05, 0.1) is 29.4 Å². The van der Waals surface area contributed by atoms with Gasteiger partial charge in [0.1, 0.15) is 18.2 Å². The molecule has 2 aliphatic rings. The number of aryl methyl sites for hydroxylation is 3. The van der Waals surface area contributed by atoms with Crippen molar-refractivity contribution in [3.63, 3.8) is 0 Å². The fraction of sp³-hybridized carbons (Fsp3) is 0.303. The zero-order valence-corrected chi connectivity index (χ0v) is 23.2. The Morgan fingerprint density at radius 3 is 2.51 bits per heavy atom. The van der Waals surface area contributed by atoms with Crippen LogP contribution in [0.25, 0.3) is 0 Å². The quantitative estimate of drug-likeness (QED) is 0.413. The summed E-state index contributed by atoms with van der Waals surface area (Å²) < 4.78 is 6.12. The molecule has 6 nitrogen and oxygen atoms in total. The van der Waals surface area contributed by atoms with E-state index < -0.39 is 5.92 Å². The fourth-order valence-electron chi connectivity index (χ4n) is 5.78. The van der Waals surface area contributed by atoms with Gasteiger partial charge in [-0.2, -0.15) is 5.26 Å². The largest absolute Gasteiger partial charge is 0.489 e. The molecule has 0 fully saturated rings. The number of hydrogen-bond donors (Lipinski definition) is 1.